The molecule has 1 aliphatic rings. The Bertz CT molecular complexity index is 667. The minimum absolute atomic E-state index is 0.281. The van der Waals surface area contributed by atoms with Crippen LogP contribution in [0.25, 0.3) is 0 Å². The second-order valence-electron chi connectivity index (χ2n) is 6.31. The highest BCUT2D eigenvalue weighted by atomic mass is 16.7. The molecular weight excluding hydrogens is 306 g/mol. The fraction of sp³-hybridized carbons (Fsp3) is 0.474. The fourth-order valence-electron chi connectivity index (χ4n) is 3.00. The molecule has 24 heavy (non-hydrogen) atoms. The molecule has 1 aliphatic heterocycles. The summed E-state index contributed by atoms with van der Waals surface area (Å²) in [5.41, 5.74) is 1.13. The molecule has 130 valence electrons. The van der Waals surface area contributed by atoms with Crippen LogP contribution >= 0.6 is 0 Å². The highest BCUT2D eigenvalue weighted by molar-refractivity contribution is 5.44. The Morgan fingerprint density at radius 1 is 1.12 bits per heavy atom. The molecule has 1 aromatic carbocycles. The number of aryl methyl sites for hydroxylation is 1. The lowest BCUT2D eigenvalue weighted by atomic mass is 10.1. The van der Waals surface area contributed by atoms with Crippen molar-refractivity contribution >= 4 is 0 Å². The van der Waals surface area contributed by atoms with E-state index in [1.165, 1.54) is 0 Å². The number of aliphatic hydroxyl groups is 1. The van der Waals surface area contributed by atoms with Crippen LogP contribution in [0, 0.1) is 6.92 Å². The van der Waals surface area contributed by atoms with E-state index in [1.807, 2.05) is 37.3 Å². The number of hydrogen-bond donors (Lipinski definition) is 1. The molecule has 1 aromatic heterocycles. The van der Waals surface area contributed by atoms with E-state index in [2.05, 4.69) is 11.8 Å². The summed E-state index contributed by atoms with van der Waals surface area (Å²) in [7, 11) is 0. The summed E-state index contributed by atoms with van der Waals surface area (Å²) in [5.74, 6) is 3.40. The third-order valence-electron chi connectivity index (χ3n) is 4.11. The van der Waals surface area contributed by atoms with Gasteiger partial charge in [0.05, 0.1) is 12.6 Å². The van der Waals surface area contributed by atoms with Crippen LogP contribution in [0.15, 0.2) is 34.7 Å². The number of benzene rings is 1. The first-order valence-corrected chi connectivity index (χ1v) is 8.48. The van der Waals surface area contributed by atoms with Gasteiger partial charge in [-0.05, 0) is 43.2 Å². The average molecular weight is 331 g/mol. The maximum atomic E-state index is 10.2. The van der Waals surface area contributed by atoms with Crippen molar-refractivity contribution in [3.8, 4) is 11.5 Å². The number of ether oxygens (including phenoxy) is 2. The third-order valence-corrected chi connectivity index (χ3v) is 4.11. The lowest BCUT2D eigenvalue weighted by Gasteiger charge is -2.24. The first-order chi connectivity index (χ1) is 11.6. The second kappa shape index (κ2) is 7.73. The smallest absolute Gasteiger partial charge is 0.231 e. The molecule has 0 radical (unpaired) electrons. The molecule has 0 saturated heterocycles. The molecule has 2 heterocycles. The predicted octanol–water partition coefficient (Wildman–Crippen LogP) is 3.48. The van der Waals surface area contributed by atoms with Crippen LogP contribution in [0.1, 0.15) is 36.8 Å². The summed E-state index contributed by atoms with van der Waals surface area (Å²) in [5, 5.41) is 10.2. The summed E-state index contributed by atoms with van der Waals surface area (Å²) in [6.45, 7) is 6.31. The molecule has 5 heteroatoms. The minimum atomic E-state index is -0.333. The molecule has 0 aliphatic carbocycles. The zero-order chi connectivity index (χ0) is 16.9. The van der Waals surface area contributed by atoms with Crippen molar-refractivity contribution in [3.05, 3.63) is 47.4 Å². The third kappa shape index (κ3) is 4.30. The van der Waals surface area contributed by atoms with E-state index < -0.39 is 0 Å². The van der Waals surface area contributed by atoms with E-state index in [0.717, 1.165) is 48.0 Å². The molecular formula is C19H25NO4. The molecule has 3 rings (SSSR count). The Balaban J connectivity index is 1.70. The standard InChI is InChI=1S/C19H25NO4/c1-3-4-16(21)11-20(12-17-7-5-14(2)24-17)10-15-6-8-18-19(9-15)23-13-22-18/h5-9,16,21H,3-4,10-13H2,1-2H3/t16-/m1/s1. The monoisotopic (exact) mass is 331 g/mol. The van der Waals surface area contributed by atoms with Crippen LogP contribution in [-0.4, -0.2) is 29.4 Å². The summed E-state index contributed by atoms with van der Waals surface area (Å²) >= 11 is 0. The van der Waals surface area contributed by atoms with Gasteiger partial charge in [-0.2, -0.15) is 0 Å². The number of rotatable bonds is 8. The number of furan rings is 1. The maximum Gasteiger partial charge on any atom is 0.231 e. The number of hydrogen-bond acceptors (Lipinski definition) is 5. The van der Waals surface area contributed by atoms with Crippen molar-refractivity contribution in [2.75, 3.05) is 13.3 Å². The van der Waals surface area contributed by atoms with Gasteiger partial charge < -0.3 is 19.0 Å². The zero-order valence-electron chi connectivity index (χ0n) is 14.3. The fourth-order valence-corrected chi connectivity index (χ4v) is 3.00. The van der Waals surface area contributed by atoms with Crippen LogP contribution < -0.4 is 9.47 Å². The number of fused-ring (bicyclic) bond motifs is 1. The normalized spacial score (nSPS) is 14.3. The largest absolute Gasteiger partial charge is 0.465 e. The average Bonchev–Trinajstić information content (AvgIpc) is 3.15. The van der Waals surface area contributed by atoms with E-state index >= 15 is 0 Å². The van der Waals surface area contributed by atoms with Gasteiger partial charge in [-0.15, -0.1) is 0 Å². The highest BCUT2D eigenvalue weighted by Gasteiger charge is 2.17. The van der Waals surface area contributed by atoms with Crippen molar-refractivity contribution in [3.63, 3.8) is 0 Å². The van der Waals surface area contributed by atoms with Crippen LogP contribution in [0.3, 0.4) is 0 Å². The molecule has 0 unspecified atom stereocenters. The van der Waals surface area contributed by atoms with Gasteiger partial charge in [0, 0.05) is 13.1 Å². The van der Waals surface area contributed by atoms with E-state index in [9.17, 15) is 5.11 Å². The van der Waals surface area contributed by atoms with Crippen LogP contribution in [-0.2, 0) is 13.1 Å². The van der Waals surface area contributed by atoms with Crippen LogP contribution in [0.2, 0.25) is 0 Å². The zero-order valence-corrected chi connectivity index (χ0v) is 14.3. The summed E-state index contributed by atoms with van der Waals surface area (Å²) in [6, 6.07) is 9.95. The lowest BCUT2D eigenvalue weighted by Crippen LogP contribution is -2.31. The van der Waals surface area contributed by atoms with Gasteiger partial charge in [0.25, 0.3) is 0 Å². The van der Waals surface area contributed by atoms with Gasteiger partial charge in [0.15, 0.2) is 11.5 Å². The predicted molar refractivity (Wildman–Crippen MR) is 91.0 cm³/mol. The molecule has 1 atom stereocenters. The van der Waals surface area contributed by atoms with Gasteiger partial charge in [0.1, 0.15) is 11.5 Å². The molecule has 0 saturated carbocycles. The topological polar surface area (TPSA) is 55.1 Å². The Labute approximate surface area is 142 Å². The van der Waals surface area contributed by atoms with Gasteiger partial charge >= 0.3 is 0 Å². The van der Waals surface area contributed by atoms with Gasteiger partial charge in [-0.25, -0.2) is 0 Å². The first-order valence-electron chi connectivity index (χ1n) is 8.48. The first kappa shape index (κ1) is 16.9. The minimum Gasteiger partial charge on any atom is -0.465 e. The van der Waals surface area contributed by atoms with Crippen molar-refractivity contribution in [2.45, 2.75) is 45.9 Å². The Morgan fingerprint density at radius 2 is 1.96 bits per heavy atom. The van der Waals surface area contributed by atoms with E-state index in [4.69, 9.17) is 13.9 Å². The van der Waals surface area contributed by atoms with Gasteiger partial charge in [-0.3, -0.25) is 4.90 Å². The summed E-state index contributed by atoms with van der Waals surface area (Å²) < 4.78 is 16.5. The van der Waals surface area contributed by atoms with E-state index in [1.54, 1.807) is 0 Å². The van der Waals surface area contributed by atoms with Crippen molar-refractivity contribution in [1.82, 2.24) is 4.90 Å². The van der Waals surface area contributed by atoms with Crippen LogP contribution in [0.4, 0.5) is 0 Å². The summed E-state index contributed by atoms with van der Waals surface area (Å²) in [4.78, 5) is 2.20. The molecule has 0 fully saturated rings. The Morgan fingerprint density at radius 3 is 2.71 bits per heavy atom. The Hall–Kier alpha value is -1.98. The summed E-state index contributed by atoms with van der Waals surface area (Å²) in [6.07, 6.45) is 1.44. The van der Waals surface area contributed by atoms with Crippen molar-refractivity contribution in [1.29, 1.82) is 0 Å². The van der Waals surface area contributed by atoms with E-state index in [0.29, 0.717) is 13.1 Å². The molecule has 0 spiro atoms. The molecule has 1 N–H and O–H groups in total. The van der Waals surface area contributed by atoms with Crippen molar-refractivity contribution < 1.29 is 19.0 Å². The van der Waals surface area contributed by atoms with Gasteiger partial charge in [-0.1, -0.05) is 19.4 Å². The molecule has 0 amide bonds. The quantitative estimate of drug-likeness (QED) is 0.802. The van der Waals surface area contributed by atoms with Gasteiger partial charge in [0.2, 0.25) is 6.79 Å². The second-order valence-corrected chi connectivity index (χ2v) is 6.31. The van der Waals surface area contributed by atoms with Crippen molar-refractivity contribution in [2.24, 2.45) is 0 Å². The van der Waals surface area contributed by atoms with E-state index in [-0.39, 0.29) is 12.9 Å². The molecule has 2 aromatic rings. The van der Waals surface area contributed by atoms with Crippen LogP contribution in [0.5, 0.6) is 11.5 Å². The molecule has 5 nitrogen and oxygen atoms in total. The molecule has 0 bridgehead atoms. The highest BCUT2D eigenvalue weighted by Crippen LogP contribution is 2.33. The Kier molecular flexibility index (Phi) is 5.43. The number of nitrogens with zero attached hydrogens (tertiary/aromatic N) is 1. The SMILES string of the molecule is CCC[C@@H](O)CN(Cc1ccc2c(c1)OCO2)Cc1ccc(C)o1. The lowest BCUT2D eigenvalue weighted by molar-refractivity contribution is 0.0930. The maximum absolute atomic E-state index is 10.2. The number of aliphatic hydroxyl groups excluding tert-OH is 1.